The van der Waals surface area contributed by atoms with E-state index in [4.69, 9.17) is 0 Å². The van der Waals surface area contributed by atoms with E-state index in [1.54, 1.807) is 0 Å². The van der Waals surface area contributed by atoms with Crippen LogP contribution >= 0.6 is 0 Å². The van der Waals surface area contributed by atoms with Crippen molar-refractivity contribution in [3.63, 3.8) is 0 Å². The van der Waals surface area contributed by atoms with Crippen LogP contribution in [0.25, 0.3) is 0 Å². The van der Waals surface area contributed by atoms with Gasteiger partial charge in [0.2, 0.25) is 10.0 Å². The summed E-state index contributed by atoms with van der Waals surface area (Å²) in [6, 6.07) is 8.11. The Kier molecular flexibility index (Phi) is 6.89. The topological polar surface area (TPSA) is 69.7 Å². The minimum absolute atomic E-state index is 0.0233. The number of benzene rings is 1. The first kappa shape index (κ1) is 20.3. The van der Waals surface area contributed by atoms with Gasteiger partial charge in [0.1, 0.15) is 0 Å². The molecule has 1 aliphatic heterocycles. The first-order valence-corrected chi connectivity index (χ1v) is 11.8. The molecule has 0 atom stereocenters. The Labute approximate surface area is 163 Å². The zero-order valence-corrected chi connectivity index (χ0v) is 17.0. The molecule has 150 valence electrons. The molecule has 1 N–H and O–H groups in total. The highest BCUT2D eigenvalue weighted by atomic mass is 32.2. The molecule has 0 unspecified atom stereocenters. The maximum absolute atomic E-state index is 12.5. The number of hydrogen-bond donors (Lipinski definition) is 1. The SMILES string of the molecule is CS(=O)(=O)N1CCN(Cc2ccc(C(=O)NC3CCCCCC3)cc2)CC1. The van der Waals surface area contributed by atoms with Gasteiger partial charge in [-0.1, -0.05) is 37.8 Å². The number of carbonyl (C=O) groups excluding carboxylic acids is 1. The molecular formula is C20H31N3O3S. The number of hydrogen-bond acceptors (Lipinski definition) is 4. The van der Waals surface area contributed by atoms with Crippen molar-refractivity contribution < 1.29 is 13.2 Å². The number of carbonyl (C=O) groups is 1. The predicted octanol–water partition coefficient (Wildman–Crippen LogP) is 2.22. The van der Waals surface area contributed by atoms with E-state index in [0.717, 1.165) is 38.0 Å². The number of amides is 1. The Morgan fingerprint density at radius 3 is 2.15 bits per heavy atom. The van der Waals surface area contributed by atoms with Gasteiger partial charge in [-0.3, -0.25) is 9.69 Å². The number of rotatable bonds is 5. The van der Waals surface area contributed by atoms with Crippen LogP contribution < -0.4 is 5.32 Å². The van der Waals surface area contributed by atoms with Crippen molar-refractivity contribution in [1.82, 2.24) is 14.5 Å². The molecule has 1 aliphatic carbocycles. The molecule has 1 saturated carbocycles. The van der Waals surface area contributed by atoms with E-state index < -0.39 is 10.0 Å². The molecule has 1 saturated heterocycles. The van der Waals surface area contributed by atoms with E-state index in [1.165, 1.54) is 36.2 Å². The van der Waals surface area contributed by atoms with Gasteiger partial charge in [-0.2, -0.15) is 4.31 Å². The molecular weight excluding hydrogens is 362 g/mol. The van der Waals surface area contributed by atoms with Crippen LogP contribution in [-0.4, -0.2) is 62.0 Å². The van der Waals surface area contributed by atoms with E-state index in [9.17, 15) is 13.2 Å². The Balaban J connectivity index is 1.49. The minimum Gasteiger partial charge on any atom is -0.349 e. The predicted molar refractivity (Wildman–Crippen MR) is 107 cm³/mol. The number of nitrogens with zero attached hydrogens (tertiary/aromatic N) is 2. The molecule has 1 amide bonds. The second-order valence-electron chi connectivity index (χ2n) is 7.80. The normalized spacial score (nSPS) is 20.9. The van der Waals surface area contributed by atoms with Crippen LogP contribution in [0.2, 0.25) is 0 Å². The first-order chi connectivity index (χ1) is 12.9. The maximum atomic E-state index is 12.5. The molecule has 1 heterocycles. The summed E-state index contributed by atoms with van der Waals surface area (Å²) in [6.07, 6.45) is 8.40. The van der Waals surface area contributed by atoms with Crippen LogP contribution in [0.15, 0.2) is 24.3 Å². The summed E-state index contributed by atoms with van der Waals surface area (Å²) in [5, 5.41) is 3.18. The first-order valence-electron chi connectivity index (χ1n) is 9.99. The third-order valence-corrected chi connectivity index (χ3v) is 6.92. The molecule has 0 spiro atoms. The van der Waals surface area contributed by atoms with Crippen molar-refractivity contribution in [3.05, 3.63) is 35.4 Å². The van der Waals surface area contributed by atoms with Crippen LogP contribution in [0.3, 0.4) is 0 Å². The molecule has 2 aliphatic rings. The lowest BCUT2D eigenvalue weighted by molar-refractivity contribution is 0.0933. The zero-order valence-electron chi connectivity index (χ0n) is 16.2. The Bertz CT molecular complexity index is 717. The highest BCUT2D eigenvalue weighted by Gasteiger charge is 2.23. The lowest BCUT2D eigenvalue weighted by Gasteiger charge is -2.33. The standard InChI is InChI=1S/C20H31N3O3S/c1-27(25,26)23-14-12-22(13-15-23)16-17-8-10-18(11-9-17)20(24)21-19-6-4-2-3-5-7-19/h8-11,19H,2-7,12-16H2,1H3,(H,21,24). The molecule has 27 heavy (non-hydrogen) atoms. The van der Waals surface area contributed by atoms with Gasteiger partial charge in [-0.15, -0.1) is 0 Å². The number of sulfonamides is 1. The van der Waals surface area contributed by atoms with E-state index >= 15 is 0 Å². The quantitative estimate of drug-likeness (QED) is 0.779. The highest BCUT2D eigenvalue weighted by molar-refractivity contribution is 7.88. The fourth-order valence-corrected chi connectivity index (χ4v) is 4.76. The van der Waals surface area contributed by atoms with Gasteiger partial charge < -0.3 is 5.32 Å². The van der Waals surface area contributed by atoms with E-state index in [2.05, 4.69) is 10.2 Å². The summed E-state index contributed by atoms with van der Waals surface area (Å²) in [4.78, 5) is 14.7. The molecule has 6 nitrogen and oxygen atoms in total. The third kappa shape index (κ3) is 6.02. The van der Waals surface area contributed by atoms with E-state index in [1.807, 2.05) is 24.3 Å². The summed E-state index contributed by atoms with van der Waals surface area (Å²) in [6.45, 7) is 3.33. The second kappa shape index (κ2) is 9.17. The molecule has 7 heteroatoms. The van der Waals surface area contributed by atoms with Crippen molar-refractivity contribution >= 4 is 15.9 Å². The molecule has 2 fully saturated rings. The van der Waals surface area contributed by atoms with Gasteiger partial charge in [0.05, 0.1) is 6.26 Å². The summed E-state index contributed by atoms with van der Waals surface area (Å²) in [5.41, 5.74) is 1.86. The van der Waals surface area contributed by atoms with Gasteiger partial charge in [0.25, 0.3) is 5.91 Å². The molecule has 0 radical (unpaired) electrons. The smallest absolute Gasteiger partial charge is 0.251 e. The van der Waals surface area contributed by atoms with Crippen molar-refractivity contribution in [2.75, 3.05) is 32.4 Å². The molecule has 1 aromatic carbocycles. The molecule has 1 aromatic rings. The summed E-state index contributed by atoms with van der Waals surface area (Å²) in [5.74, 6) is 0.0233. The highest BCUT2D eigenvalue weighted by Crippen LogP contribution is 2.18. The third-order valence-electron chi connectivity index (χ3n) is 5.61. The lowest BCUT2D eigenvalue weighted by atomic mass is 10.1. The second-order valence-corrected chi connectivity index (χ2v) is 9.78. The summed E-state index contributed by atoms with van der Waals surface area (Å²) >= 11 is 0. The van der Waals surface area contributed by atoms with Crippen molar-refractivity contribution in [2.45, 2.75) is 51.1 Å². The molecule has 3 rings (SSSR count). The van der Waals surface area contributed by atoms with Crippen LogP contribution in [0.5, 0.6) is 0 Å². The van der Waals surface area contributed by atoms with Crippen molar-refractivity contribution in [2.24, 2.45) is 0 Å². The minimum atomic E-state index is -3.09. The average Bonchev–Trinajstić information content (AvgIpc) is 2.91. The fourth-order valence-electron chi connectivity index (χ4n) is 3.93. The Morgan fingerprint density at radius 1 is 1.00 bits per heavy atom. The van der Waals surface area contributed by atoms with Gasteiger partial charge >= 0.3 is 0 Å². The Hall–Kier alpha value is -1.44. The molecule has 0 aromatic heterocycles. The van der Waals surface area contributed by atoms with Gasteiger partial charge in [0, 0.05) is 44.3 Å². The summed E-state index contributed by atoms with van der Waals surface area (Å²) < 4.78 is 24.7. The van der Waals surface area contributed by atoms with Crippen molar-refractivity contribution in [1.29, 1.82) is 0 Å². The Morgan fingerprint density at radius 2 is 1.59 bits per heavy atom. The van der Waals surface area contributed by atoms with Crippen LogP contribution in [0.4, 0.5) is 0 Å². The van der Waals surface area contributed by atoms with Crippen molar-refractivity contribution in [3.8, 4) is 0 Å². The number of piperazine rings is 1. The zero-order chi connectivity index (χ0) is 19.3. The van der Waals surface area contributed by atoms with Crippen LogP contribution in [0.1, 0.15) is 54.4 Å². The maximum Gasteiger partial charge on any atom is 0.251 e. The average molecular weight is 394 g/mol. The molecule has 0 bridgehead atoms. The monoisotopic (exact) mass is 393 g/mol. The lowest BCUT2D eigenvalue weighted by Crippen LogP contribution is -2.47. The van der Waals surface area contributed by atoms with Crippen LogP contribution in [-0.2, 0) is 16.6 Å². The number of nitrogens with one attached hydrogen (secondary N) is 1. The van der Waals surface area contributed by atoms with Gasteiger partial charge in [0.15, 0.2) is 0 Å². The van der Waals surface area contributed by atoms with Crippen LogP contribution in [0, 0.1) is 0 Å². The van der Waals surface area contributed by atoms with E-state index in [0.29, 0.717) is 24.7 Å². The summed E-state index contributed by atoms with van der Waals surface area (Å²) in [7, 11) is -3.09. The van der Waals surface area contributed by atoms with Gasteiger partial charge in [-0.05, 0) is 30.5 Å². The van der Waals surface area contributed by atoms with Gasteiger partial charge in [-0.25, -0.2) is 8.42 Å². The van der Waals surface area contributed by atoms with E-state index in [-0.39, 0.29) is 5.91 Å². The largest absolute Gasteiger partial charge is 0.349 e. The fraction of sp³-hybridized carbons (Fsp3) is 0.650.